The summed E-state index contributed by atoms with van der Waals surface area (Å²) in [4.78, 5) is 17.2. The lowest BCUT2D eigenvalue weighted by Gasteiger charge is -2.21. The fourth-order valence-electron chi connectivity index (χ4n) is 2.71. The first-order valence-corrected chi connectivity index (χ1v) is 8.34. The zero-order chi connectivity index (χ0) is 19.2. The molecule has 26 heavy (non-hydrogen) atoms. The fourth-order valence-corrected chi connectivity index (χ4v) is 2.71. The Kier molecular flexibility index (Phi) is 6.39. The number of benzene rings is 2. The summed E-state index contributed by atoms with van der Waals surface area (Å²) >= 11 is 0. The Morgan fingerprint density at radius 3 is 2.19 bits per heavy atom. The highest BCUT2D eigenvalue weighted by atomic mass is 16.5. The number of carbonyl (C=O) groups is 1. The topological polar surface area (TPSA) is 57.1 Å². The van der Waals surface area contributed by atoms with E-state index in [1.165, 1.54) is 7.11 Å². The minimum absolute atomic E-state index is 0.0988. The second kappa shape index (κ2) is 8.52. The average Bonchev–Trinajstić information content (AvgIpc) is 2.65. The lowest BCUT2D eigenvalue weighted by Crippen LogP contribution is -2.27. The van der Waals surface area contributed by atoms with Crippen molar-refractivity contribution in [2.45, 2.75) is 25.8 Å². The number of rotatable bonds is 7. The molecule has 0 bridgehead atoms. The molecule has 5 heteroatoms. The third kappa shape index (κ3) is 4.85. The molecular weight excluding hydrogens is 330 g/mol. The van der Waals surface area contributed by atoms with Gasteiger partial charge in [0.25, 0.3) is 5.90 Å². The first-order chi connectivity index (χ1) is 12.4. The summed E-state index contributed by atoms with van der Waals surface area (Å²) in [6.45, 7) is 3.92. The number of ketones is 1. The van der Waals surface area contributed by atoms with Crippen molar-refractivity contribution in [3.63, 3.8) is 0 Å². The molecule has 138 valence electrons. The molecule has 0 fully saturated rings. The summed E-state index contributed by atoms with van der Waals surface area (Å²) < 4.78 is 15.9. The van der Waals surface area contributed by atoms with Crippen LogP contribution < -0.4 is 9.47 Å². The van der Waals surface area contributed by atoms with Crippen molar-refractivity contribution in [1.82, 2.24) is 0 Å². The van der Waals surface area contributed by atoms with Crippen molar-refractivity contribution < 1.29 is 19.0 Å². The van der Waals surface area contributed by atoms with E-state index in [0.717, 1.165) is 5.56 Å². The molecule has 0 saturated carbocycles. The first-order valence-electron chi connectivity index (χ1n) is 8.34. The molecule has 0 aliphatic heterocycles. The van der Waals surface area contributed by atoms with Crippen molar-refractivity contribution in [2.75, 3.05) is 21.3 Å². The molecule has 0 radical (unpaired) electrons. The smallest absolute Gasteiger partial charge is 0.258 e. The van der Waals surface area contributed by atoms with Crippen molar-refractivity contribution in [1.29, 1.82) is 0 Å². The van der Waals surface area contributed by atoms with Crippen LogP contribution in [0.15, 0.2) is 53.5 Å². The number of ether oxygens (including phenoxy) is 3. The summed E-state index contributed by atoms with van der Waals surface area (Å²) in [6.07, 6.45) is 0.613. The maximum absolute atomic E-state index is 12.6. The molecule has 0 aliphatic rings. The number of Topliss-reactive ketones (excluding diaryl/α,β-unsaturated/α-hetero) is 1. The highest BCUT2D eigenvalue weighted by Crippen LogP contribution is 2.29. The quantitative estimate of drug-likeness (QED) is 0.429. The molecule has 0 aromatic heterocycles. The molecular formula is C21H25NO4. The molecule has 0 atom stereocenters. The van der Waals surface area contributed by atoms with E-state index in [1.807, 2.05) is 50.2 Å². The van der Waals surface area contributed by atoms with Gasteiger partial charge in [0.2, 0.25) is 5.78 Å². The highest BCUT2D eigenvalue weighted by molar-refractivity contribution is 6.42. The highest BCUT2D eigenvalue weighted by Gasteiger charge is 2.23. The van der Waals surface area contributed by atoms with Crippen LogP contribution in [0.25, 0.3) is 0 Å². The van der Waals surface area contributed by atoms with Gasteiger partial charge in [0.15, 0.2) is 11.5 Å². The Hall–Kier alpha value is -2.82. The standard InChI is InChI=1S/C21H25NO4/c1-21(2,14-15-11-12-17(24-3)18(13-15)25-4)22-20(26-5)19(23)16-9-7-6-8-10-16/h6-13H,14H2,1-5H3. The van der Waals surface area contributed by atoms with Crippen LogP contribution in [0.4, 0.5) is 0 Å². The fraction of sp³-hybridized carbons (Fsp3) is 0.333. The van der Waals surface area contributed by atoms with Crippen LogP contribution in [0.2, 0.25) is 0 Å². The lowest BCUT2D eigenvalue weighted by molar-refractivity contribution is 0.103. The van der Waals surface area contributed by atoms with Gasteiger partial charge in [0.1, 0.15) is 0 Å². The van der Waals surface area contributed by atoms with Crippen molar-refractivity contribution in [2.24, 2.45) is 4.99 Å². The Morgan fingerprint density at radius 2 is 1.62 bits per heavy atom. The van der Waals surface area contributed by atoms with Crippen LogP contribution in [0, 0.1) is 0 Å². The maximum Gasteiger partial charge on any atom is 0.258 e. The van der Waals surface area contributed by atoms with Crippen LogP contribution in [0.1, 0.15) is 29.8 Å². The predicted molar refractivity (Wildman–Crippen MR) is 103 cm³/mol. The third-order valence-electron chi connectivity index (χ3n) is 3.91. The lowest BCUT2D eigenvalue weighted by atomic mass is 9.95. The zero-order valence-corrected chi connectivity index (χ0v) is 15.9. The van der Waals surface area contributed by atoms with Crippen LogP contribution in [0.5, 0.6) is 11.5 Å². The minimum atomic E-state index is -0.532. The van der Waals surface area contributed by atoms with Gasteiger partial charge in [-0.1, -0.05) is 36.4 Å². The molecule has 0 spiro atoms. The van der Waals surface area contributed by atoms with Gasteiger partial charge in [-0.15, -0.1) is 0 Å². The van der Waals surface area contributed by atoms with E-state index in [2.05, 4.69) is 4.99 Å². The zero-order valence-electron chi connectivity index (χ0n) is 15.9. The van der Waals surface area contributed by atoms with Gasteiger partial charge in [-0.25, -0.2) is 4.99 Å². The van der Waals surface area contributed by atoms with Gasteiger partial charge in [-0.2, -0.15) is 0 Å². The van der Waals surface area contributed by atoms with E-state index < -0.39 is 5.54 Å². The van der Waals surface area contributed by atoms with Gasteiger partial charge in [0, 0.05) is 5.56 Å². The Morgan fingerprint density at radius 1 is 0.962 bits per heavy atom. The molecule has 0 saturated heterocycles. The Labute approximate surface area is 154 Å². The minimum Gasteiger partial charge on any atom is -0.493 e. The largest absolute Gasteiger partial charge is 0.493 e. The normalized spacial score (nSPS) is 11.8. The molecule has 0 unspecified atom stereocenters. The molecule has 2 aromatic carbocycles. The molecule has 5 nitrogen and oxygen atoms in total. The SMILES string of the molecule is COC(=NC(C)(C)Cc1ccc(OC)c(OC)c1)C(=O)c1ccccc1. The van der Waals surface area contributed by atoms with Crippen molar-refractivity contribution >= 4 is 11.7 Å². The molecule has 0 heterocycles. The van der Waals surface area contributed by atoms with Crippen LogP contribution in [-0.4, -0.2) is 38.5 Å². The Bertz CT molecular complexity index is 782. The van der Waals surface area contributed by atoms with E-state index >= 15 is 0 Å². The molecule has 0 N–H and O–H groups in total. The van der Waals surface area contributed by atoms with Gasteiger partial charge in [-0.05, 0) is 38.0 Å². The van der Waals surface area contributed by atoms with E-state index in [0.29, 0.717) is 23.5 Å². The number of nitrogens with zero attached hydrogens (tertiary/aromatic N) is 1. The maximum atomic E-state index is 12.6. The number of carbonyl (C=O) groups excluding carboxylic acids is 1. The molecule has 2 aromatic rings. The number of aliphatic imine (C=N–C) groups is 1. The average molecular weight is 355 g/mol. The predicted octanol–water partition coefficient (Wildman–Crippen LogP) is 3.95. The van der Waals surface area contributed by atoms with E-state index in [9.17, 15) is 4.79 Å². The van der Waals surface area contributed by atoms with Gasteiger partial charge in [-0.3, -0.25) is 4.79 Å². The van der Waals surface area contributed by atoms with Crippen LogP contribution in [-0.2, 0) is 11.2 Å². The summed E-state index contributed by atoms with van der Waals surface area (Å²) in [5, 5.41) is 0. The third-order valence-corrected chi connectivity index (χ3v) is 3.91. The second-order valence-corrected chi connectivity index (χ2v) is 6.49. The first kappa shape index (κ1) is 19.5. The Balaban J connectivity index is 2.25. The van der Waals surface area contributed by atoms with E-state index in [1.54, 1.807) is 26.4 Å². The van der Waals surface area contributed by atoms with Crippen molar-refractivity contribution in [3.8, 4) is 11.5 Å². The van der Waals surface area contributed by atoms with E-state index in [-0.39, 0.29) is 11.7 Å². The van der Waals surface area contributed by atoms with Crippen LogP contribution >= 0.6 is 0 Å². The summed E-state index contributed by atoms with van der Waals surface area (Å²) in [7, 11) is 4.67. The number of methoxy groups -OCH3 is 3. The van der Waals surface area contributed by atoms with Crippen LogP contribution in [0.3, 0.4) is 0 Å². The van der Waals surface area contributed by atoms with Crippen molar-refractivity contribution in [3.05, 3.63) is 59.7 Å². The van der Waals surface area contributed by atoms with Gasteiger partial charge in [0.05, 0.1) is 26.9 Å². The van der Waals surface area contributed by atoms with E-state index in [4.69, 9.17) is 14.2 Å². The molecule has 0 amide bonds. The summed E-state index contributed by atoms with van der Waals surface area (Å²) in [5.74, 6) is 1.21. The molecule has 2 rings (SSSR count). The van der Waals surface area contributed by atoms with Gasteiger partial charge < -0.3 is 14.2 Å². The number of hydrogen-bond acceptors (Lipinski definition) is 5. The second-order valence-electron chi connectivity index (χ2n) is 6.49. The van der Waals surface area contributed by atoms with Gasteiger partial charge >= 0.3 is 0 Å². The summed E-state index contributed by atoms with van der Waals surface area (Å²) in [6, 6.07) is 14.7. The number of hydrogen-bond donors (Lipinski definition) is 0. The summed E-state index contributed by atoms with van der Waals surface area (Å²) in [5.41, 5.74) is 1.05. The monoisotopic (exact) mass is 355 g/mol. The molecule has 0 aliphatic carbocycles.